The third kappa shape index (κ3) is 4.44. The molecule has 1 amide bonds. The SMILES string of the molecule is Cc1ccc(C)n1-c1ccc(C(=O)Nc2nnc(SCc3ccccc3F)s2)cc1. The Hall–Kier alpha value is -2.97. The van der Waals surface area contributed by atoms with Crippen molar-refractivity contribution in [1.29, 1.82) is 0 Å². The van der Waals surface area contributed by atoms with Gasteiger partial charge in [0.25, 0.3) is 5.91 Å². The molecule has 4 rings (SSSR count). The van der Waals surface area contributed by atoms with Crippen molar-refractivity contribution in [2.45, 2.75) is 23.9 Å². The predicted octanol–water partition coefficient (Wildman–Crippen LogP) is 5.63. The molecule has 30 heavy (non-hydrogen) atoms. The van der Waals surface area contributed by atoms with E-state index in [2.05, 4.69) is 32.2 Å². The fraction of sp³-hybridized carbons (Fsp3) is 0.136. The zero-order valence-electron chi connectivity index (χ0n) is 16.4. The molecule has 8 heteroatoms. The predicted molar refractivity (Wildman–Crippen MR) is 119 cm³/mol. The molecule has 4 aromatic rings. The highest BCUT2D eigenvalue weighted by Crippen LogP contribution is 2.29. The minimum Gasteiger partial charge on any atom is -0.319 e. The second-order valence-electron chi connectivity index (χ2n) is 6.71. The molecule has 0 unspecified atom stereocenters. The molecule has 0 bridgehead atoms. The van der Waals surface area contributed by atoms with E-state index in [0.717, 1.165) is 17.1 Å². The van der Waals surface area contributed by atoms with Gasteiger partial charge in [0, 0.05) is 28.4 Å². The van der Waals surface area contributed by atoms with Crippen LogP contribution in [0.3, 0.4) is 0 Å². The van der Waals surface area contributed by atoms with Gasteiger partial charge in [0.15, 0.2) is 4.34 Å². The summed E-state index contributed by atoms with van der Waals surface area (Å²) in [6, 6.07) is 18.2. The van der Waals surface area contributed by atoms with Crippen molar-refractivity contribution in [3.63, 3.8) is 0 Å². The molecule has 0 radical (unpaired) electrons. The lowest BCUT2D eigenvalue weighted by Gasteiger charge is -2.10. The van der Waals surface area contributed by atoms with Gasteiger partial charge in [-0.15, -0.1) is 10.2 Å². The van der Waals surface area contributed by atoms with Gasteiger partial charge in [-0.1, -0.05) is 41.3 Å². The molecule has 0 saturated carbocycles. The van der Waals surface area contributed by atoms with Gasteiger partial charge in [-0.3, -0.25) is 10.1 Å². The summed E-state index contributed by atoms with van der Waals surface area (Å²) in [5, 5.41) is 11.3. The molecule has 0 fully saturated rings. The molecule has 0 aliphatic carbocycles. The molecular formula is C22H19FN4OS2. The van der Waals surface area contributed by atoms with Crippen molar-refractivity contribution >= 4 is 34.1 Å². The highest BCUT2D eigenvalue weighted by atomic mass is 32.2. The molecule has 1 N–H and O–H groups in total. The average Bonchev–Trinajstić information content (AvgIpc) is 3.33. The molecule has 0 saturated heterocycles. The van der Waals surface area contributed by atoms with Gasteiger partial charge in [-0.05, 0) is 61.9 Å². The van der Waals surface area contributed by atoms with Crippen molar-refractivity contribution in [3.8, 4) is 5.69 Å². The number of thioether (sulfide) groups is 1. The van der Waals surface area contributed by atoms with Crippen LogP contribution in [0.25, 0.3) is 5.69 Å². The number of aryl methyl sites for hydroxylation is 2. The third-order valence-corrected chi connectivity index (χ3v) is 6.62. The summed E-state index contributed by atoms with van der Waals surface area (Å²) in [5.74, 6) is -0.0318. The topological polar surface area (TPSA) is 59.8 Å². The lowest BCUT2D eigenvalue weighted by atomic mass is 10.2. The first-order chi connectivity index (χ1) is 14.5. The maximum absolute atomic E-state index is 13.7. The average molecular weight is 439 g/mol. The van der Waals surface area contributed by atoms with E-state index in [1.54, 1.807) is 30.3 Å². The smallest absolute Gasteiger partial charge is 0.257 e. The highest BCUT2D eigenvalue weighted by Gasteiger charge is 2.12. The summed E-state index contributed by atoms with van der Waals surface area (Å²) >= 11 is 2.65. The first kappa shape index (κ1) is 20.3. The number of carbonyl (C=O) groups is 1. The minimum atomic E-state index is -0.246. The van der Waals surface area contributed by atoms with Crippen molar-refractivity contribution in [2.75, 3.05) is 5.32 Å². The Morgan fingerprint density at radius 1 is 1.03 bits per heavy atom. The quantitative estimate of drug-likeness (QED) is 0.313. The second kappa shape index (κ2) is 8.81. The molecule has 2 heterocycles. The maximum atomic E-state index is 13.7. The molecule has 5 nitrogen and oxygen atoms in total. The van der Waals surface area contributed by atoms with E-state index in [-0.39, 0.29) is 11.7 Å². The first-order valence-electron chi connectivity index (χ1n) is 9.28. The van der Waals surface area contributed by atoms with Gasteiger partial charge in [0.1, 0.15) is 5.82 Å². The summed E-state index contributed by atoms with van der Waals surface area (Å²) in [7, 11) is 0. The van der Waals surface area contributed by atoms with E-state index in [1.807, 2.05) is 26.0 Å². The Morgan fingerprint density at radius 3 is 2.43 bits per heavy atom. The van der Waals surface area contributed by atoms with Crippen LogP contribution in [-0.4, -0.2) is 20.7 Å². The number of hydrogen-bond donors (Lipinski definition) is 1. The van der Waals surface area contributed by atoms with E-state index in [0.29, 0.717) is 26.4 Å². The molecule has 2 aromatic heterocycles. The Balaban J connectivity index is 1.39. The zero-order valence-corrected chi connectivity index (χ0v) is 18.1. The van der Waals surface area contributed by atoms with E-state index >= 15 is 0 Å². The summed E-state index contributed by atoms with van der Waals surface area (Å²) in [4.78, 5) is 12.5. The number of aromatic nitrogens is 3. The number of rotatable bonds is 6. The van der Waals surface area contributed by atoms with E-state index in [1.165, 1.54) is 29.2 Å². The molecule has 0 spiro atoms. The standard InChI is InChI=1S/C22H19FN4OS2/c1-14-7-8-15(2)27(14)18-11-9-16(10-12-18)20(28)24-21-25-26-22(30-21)29-13-17-5-3-4-6-19(17)23/h3-12H,13H2,1-2H3,(H,24,25,28). The molecule has 0 aliphatic rings. The third-order valence-electron chi connectivity index (χ3n) is 4.59. The van der Waals surface area contributed by atoms with Gasteiger partial charge in [-0.2, -0.15) is 0 Å². The normalized spacial score (nSPS) is 10.9. The first-order valence-corrected chi connectivity index (χ1v) is 11.1. The number of carbonyl (C=O) groups excluding carboxylic acids is 1. The Morgan fingerprint density at radius 2 is 1.73 bits per heavy atom. The number of halogens is 1. The fourth-order valence-electron chi connectivity index (χ4n) is 3.08. The summed E-state index contributed by atoms with van der Waals surface area (Å²) in [5.41, 5.74) is 4.43. The van der Waals surface area contributed by atoms with Crippen molar-refractivity contribution < 1.29 is 9.18 Å². The highest BCUT2D eigenvalue weighted by molar-refractivity contribution is 8.00. The number of nitrogens with zero attached hydrogens (tertiary/aromatic N) is 3. The number of nitrogens with one attached hydrogen (secondary N) is 1. The van der Waals surface area contributed by atoms with Crippen LogP contribution in [0.1, 0.15) is 27.3 Å². The van der Waals surface area contributed by atoms with Gasteiger partial charge in [0.2, 0.25) is 5.13 Å². The Kier molecular flexibility index (Phi) is 5.96. The number of amides is 1. The molecular weight excluding hydrogens is 419 g/mol. The van der Waals surface area contributed by atoms with Gasteiger partial charge in [-0.25, -0.2) is 4.39 Å². The summed E-state index contributed by atoms with van der Waals surface area (Å²) < 4.78 is 16.5. The lowest BCUT2D eigenvalue weighted by molar-refractivity contribution is 0.102. The van der Waals surface area contributed by atoms with Crippen LogP contribution in [0.2, 0.25) is 0 Å². The van der Waals surface area contributed by atoms with Crippen LogP contribution in [-0.2, 0) is 5.75 Å². The van der Waals surface area contributed by atoms with Crippen molar-refractivity contribution in [1.82, 2.24) is 14.8 Å². The van der Waals surface area contributed by atoms with Gasteiger partial charge >= 0.3 is 0 Å². The van der Waals surface area contributed by atoms with Gasteiger partial charge in [0.05, 0.1) is 0 Å². The molecule has 0 aliphatic heterocycles. The van der Waals surface area contributed by atoms with Crippen molar-refractivity contribution in [2.24, 2.45) is 0 Å². The van der Waals surface area contributed by atoms with Crippen LogP contribution in [0.4, 0.5) is 9.52 Å². The molecule has 152 valence electrons. The largest absolute Gasteiger partial charge is 0.319 e. The number of hydrogen-bond acceptors (Lipinski definition) is 5. The van der Waals surface area contributed by atoms with Crippen LogP contribution in [0.5, 0.6) is 0 Å². The lowest BCUT2D eigenvalue weighted by Crippen LogP contribution is -2.11. The molecule has 2 aromatic carbocycles. The van der Waals surface area contributed by atoms with Gasteiger partial charge < -0.3 is 4.57 Å². The van der Waals surface area contributed by atoms with Crippen LogP contribution in [0, 0.1) is 19.7 Å². The summed E-state index contributed by atoms with van der Waals surface area (Å²) in [6.45, 7) is 4.09. The van der Waals surface area contributed by atoms with Crippen molar-refractivity contribution in [3.05, 3.63) is 89.0 Å². The minimum absolute atomic E-state index is 0.239. The van der Waals surface area contributed by atoms with Crippen LogP contribution >= 0.6 is 23.1 Å². The Labute approximate surface area is 182 Å². The second-order valence-corrected chi connectivity index (χ2v) is 8.91. The maximum Gasteiger partial charge on any atom is 0.257 e. The van der Waals surface area contributed by atoms with E-state index in [4.69, 9.17) is 0 Å². The number of anilines is 1. The monoisotopic (exact) mass is 438 g/mol. The number of benzene rings is 2. The molecule has 0 atom stereocenters. The zero-order chi connectivity index (χ0) is 21.1. The van der Waals surface area contributed by atoms with Crippen LogP contribution in [0.15, 0.2) is 65.0 Å². The summed E-state index contributed by atoms with van der Waals surface area (Å²) in [6.07, 6.45) is 0. The Bertz CT molecular complexity index is 1160. The van der Waals surface area contributed by atoms with Crippen LogP contribution < -0.4 is 5.32 Å². The fourth-order valence-corrected chi connectivity index (χ4v) is 4.81. The van der Waals surface area contributed by atoms with E-state index < -0.39 is 0 Å². The van der Waals surface area contributed by atoms with E-state index in [9.17, 15) is 9.18 Å².